The lowest BCUT2D eigenvalue weighted by atomic mass is 10.2. The molecule has 0 radical (unpaired) electrons. The summed E-state index contributed by atoms with van der Waals surface area (Å²) in [6.07, 6.45) is 3.99. The zero-order valence-corrected chi connectivity index (χ0v) is 12.1. The van der Waals surface area contributed by atoms with Crippen LogP contribution < -0.4 is 10.2 Å². The van der Waals surface area contributed by atoms with Gasteiger partial charge in [0.1, 0.15) is 0 Å². The maximum absolute atomic E-state index is 4.32. The van der Waals surface area contributed by atoms with Crippen LogP contribution >= 0.6 is 0 Å². The topological polar surface area (TPSA) is 28.2 Å². The minimum atomic E-state index is 0.992. The van der Waals surface area contributed by atoms with Crippen molar-refractivity contribution in [1.82, 2.24) is 10.3 Å². The third-order valence-corrected chi connectivity index (χ3v) is 3.33. The van der Waals surface area contributed by atoms with Gasteiger partial charge in [-0.3, -0.25) is 4.98 Å². The van der Waals surface area contributed by atoms with Crippen LogP contribution in [0.15, 0.2) is 54.7 Å². The fourth-order valence-electron chi connectivity index (χ4n) is 2.14. The Morgan fingerprint density at radius 3 is 2.55 bits per heavy atom. The average Bonchev–Trinajstić information content (AvgIpc) is 2.52. The molecule has 0 saturated heterocycles. The number of nitrogens with one attached hydrogen (secondary N) is 1. The van der Waals surface area contributed by atoms with E-state index in [9.17, 15) is 0 Å². The first-order valence-electron chi connectivity index (χ1n) is 7.23. The van der Waals surface area contributed by atoms with Crippen LogP contribution in [0.4, 0.5) is 5.69 Å². The number of benzene rings is 1. The monoisotopic (exact) mass is 269 g/mol. The van der Waals surface area contributed by atoms with E-state index in [-0.39, 0.29) is 0 Å². The lowest BCUT2D eigenvalue weighted by molar-refractivity contribution is 0.640. The summed E-state index contributed by atoms with van der Waals surface area (Å²) in [6, 6.07) is 16.6. The second-order valence-electron chi connectivity index (χ2n) is 4.93. The molecule has 1 aromatic heterocycles. The van der Waals surface area contributed by atoms with Gasteiger partial charge in [-0.15, -0.1) is 0 Å². The van der Waals surface area contributed by atoms with E-state index in [1.54, 1.807) is 0 Å². The van der Waals surface area contributed by atoms with Crippen molar-refractivity contribution in [2.45, 2.75) is 12.8 Å². The van der Waals surface area contributed by atoms with E-state index in [0.717, 1.165) is 38.2 Å². The molecule has 20 heavy (non-hydrogen) atoms. The van der Waals surface area contributed by atoms with Crippen molar-refractivity contribution in [3.8, 4) is 0 Å². The Hall–Kier alpha value is -1.87. The van der Waals surface area contributed by atoms with Gasteiger partial charge in [-0.05, 0) is 37.2 Å². The molecule has 0 unspecified atom stereocenters. The number of nitrogens with zero attached hydrogens (tertiary/aromatic N) is 2. The third-order valence-electron chi connectivity index (χ3n) is 3.33. The van der Waals surface area contributed by atoms with E-state index in [0.29, 0.717) is 0 Å². The first-order valence-corrected chi connectivity index (χ1v) is 7.23. The number of hydrogen-bond acceptors (Lipinski definition) is 3. The zero-order chi connectivity index (χ0) is 14.0. The summed E-state index contributed by atoms with van der Waals surface area (Å²) in [5.41, 5.74) is 2.43. The molecular weight excluding hydrogens is 246 g/mol. The van der Waals surface area contributed by atoms with Crippen molar-refractivity contribution in [1.29, 1.82) is 0 Å². The SMILES string of the molecule is CN(CCCNCCc1ccccn1)c1ccccc1. The Morgan fingerprint density at radius 2 is 1.80 bits per heavy atom. The molecule has 0 aliphatic carbocycles. The molecule has 106 valence electrons. The van der Waals surface area contributed by atoms with E-state index in [4.69, 9.17) is 0 Å². The maximum Gasteiger partial charge on any atom is 0.0416 e. The van der Waals surface area contributed by atoms with E-state index >= 15 is 0 Å². The number of para-hydroxylation sites is 1. The Bertz CT molecular complexity index is 470. The molecule has 0 bridgehead atoms. The quantitative estimate of drug-likeness (QED) is 0.747. The molecular formula is C17H23N3. The summed E-state index contributed by atoms with van der Waals surface area (Å²) in [5.74, 6) is 0. The van der Waals surface area contributed by atoms with Gasteiger partial charge in [0.2, 0.25) is 0 Å². The largest absolute Gasteiger partial charge is 0.375 e. The van der Waals surface area contributed by atoms with Gasteiger partial charge in [-0.25, -0.2) is 0 Å². The third kappa shape index (κ3) is 5.02. The van der Waals surface area contributed by atoms with Crippen molar-refractivity contribution in [3.63, 3.8) is 0 Å². The molecule has 0 aliphatic heterocycles. The van der Waals surface area contributed by atoms with Gasteiger partial charge in [0.25, 0.3) is 0 Å². The minimum absolute atomic E-state index is 0.992. The highest BCUT2D eigenvalue weighted by Gasteiger charge is 1.99. The van der Waals surface area contributed by atoms with Gasteiger partial charge in [-0.1, -0.05) is 24.3 Å². The van der Waals surface area contributed by atoms with Crippen molar-refractivity contribution in [3.05, 3.63) is 60.4 Å². The predicted molar refractivity (Wildman–Crippen MR) is 85.1 cm³/mol. The second-order valence-corrected chi connectivity index (χ2v) is 4.93. The highest BCUT2D eigenvalue weighted by Crippen LogP contribution is 2.10. The molecule has 2 aromatic rings. The standard InChI is InChI=1S/C17H23N3/c1-20(17-9-3-2-4-10-17)15-7-12-18-14-11-16-8-5-6-13-19-16/h2-6,8-10,13,18H,7,11-12,14-15H2,1H3. The highest BCUT2D eigenvalue weighted by molar-refractivity contribution is 5.44. The van der Waals surface area contributed by atoms with Crippen LogP contribution in [0.1, 0.15) is 12.1 Å². The van der Waals surface area contributed by atoms with Gasteiger partial charge < -0.3 is 10.2 Å². The normalized spacial score (nSPS) is 10.4. The van der Waals surface area contributed by atoms with Crippen LogP contribution in [0.2, 0.25) is 0 Å². The highest BCUT2D eigenvalue weighted by atomic mass is 15.1. The van der Waals surface area contributed by atoms with Crippen molar-refractivity contribution in [2.24, 2.45) is 0 Å². The van der Waals surface area contributed by atoms with Crippen LogP contribution in [-0.4, -0.2) is 31.7 Å². The van der Waals surface area contributed by atoms with E-state index in [2.05, 4.69) is 58.6 Å². The summed E-state index contributed by atoms with van der Waals surface area (Å²) in [4.78, 5) is 6.61. The summed E-state index contributed by atoms with van der Waals surface area (Å²) < 4.78 is 0. The van der Waals surface area contributed by atoms with Crippen LogP contribution in [0.5, 0.6) is 0 Å². The van der Waals surface area contributed by atoms with E-state index in [1.807, 2.05) is 18.3 Å². The maximum atomic E-state index is 4.32. The molecule has 0 amide bonds. The van der Waals surface area contributed by atoms with Crippen molar-refractivity contribution in [2.75, 3.05) is 31.6 Å². The number of aromatic nitrogens is 1. The van der Waals surface area contributed by atoms with Crippen LogP contribution in [-0.2, 0) is 6.42 Å². The zero-order valence-electron chi connectivity index (χ0n) is 12.1. The average molecular weight is 269 g/mol. The lowest BCUT2D eigenvalue weighted by Crippen LogP contribution is -2.25. The molecule has 1 aromatic carbocycles. The first-order chi connectivity index (χ1) is 9.86. The minimum Gasteiger partial charge on any atom is -0.375 e. The molecule has 2 rings (SSSR count). The lowest BCUT2D eigenvalue weighted by Gasteiger charge is -2.19. The molecule has 1 heterocycles. The van der Waals surface area contributed by atoms with Crippen LogP contribution in [0.3, 0.4) is 0 Å². The van der Waals surface area contributed by atoms with E-state index < -0.39 is 0 Å². The second kappa shape index (κ2) is 8.33. The van der Waals surface area contributed by atoms with E-state index in [1.165, 1.54) is 5.69 Å². The van der Waals surface area contributed by atoms with Crippen LogP contribution in [0.25, 0.3) is 0 Å². The summed E-state index contributed by atoms with van der Waals surface area (Å²) in [5, 5.41) is 3.47. The van der Waals surface area contributed by atoms with Gasteiger partial charge in [0.15, 0.2) is 0 Å². The molecule has 0 spiro atoms. The molecule has 0 aliphatic rings. The Morgan fingerprint density at radius 1 is 1.00 bits per heavy atom. The fourth-order valence-corrected chi connectivity index (χ4v) is 2.14. The molecule has 0 fully saturated rings. The Balaban J connectivity index is 1.56. The number of hydrogen-bond donors (Lipinski definition) is 1. The molecule has 1 N–H and O–H groups in total. The number of rotatable bonds is 8. The fraction of sp³-hybridized carbons (Fsp3) is 0.353. The van der Waals surface area contributed by atoms with Crippen molar-refractivity contribution >= 4 is 5.69 Å². The first kappa shape index (κ1) is 14.5. The van der Waals surface area contributed by atoms with Gasteiger partial charge in [0, 0.05) is 44.1 Å². The molecule has 0 atom stereocenters. The molecule has 3 nitrogen and oxygen atoms in total. The van der Waals surface area contributed by atoms with Gasteiger partial charge in [0.05, 0.1) is 0 Å². The summed E-state index contributed by atoms with van der Waals surface area (Å²) >= 11 is 0. The predicted octanol–water partition coefficient (Wildman–Crippen LogP) is 2.74. The number of pyridine rings is 1. The summed E-state index contributed by atoms with van der Waals surface area (Å²) in [7, 11) is 2.14. The van der Waals surface area contributed by atoms with Crippen molar-refractivity contribution < 1.29 is 0 Å². The Kier molecular flexibility index (Phi) is 6.06. The molecule has 3 heteroatoms. The Labute approximate surface area is 121 Å². The van der Waals surface area contributed by atoms with Crippen LogP contribution in [0, 0.1) is 0 Å². The van der Waals surface area contributed by atoms with Gasteiger partial charge >= 0.3 is 0 Å². The molecule has 0 saturated carbocycles. The number of anilines is 1. The smallest absolute Gasteiger partial charge is 0.0416 e. The summed E-state index contributed by atoms with van der Waals surface area (Å²) in [6.45, 7) is 3.11. The van der Waals surface area contributed by atoms with Gasteiger partial charge in [-0.2, -0.15) is 0 Å².